The van der Waals surface area contributed by atoms with Gasteiger partial charge in [0.25, 0.3) is 0 Å². The largest absolute Gasteiger partial charge is 0.378 e. The van der Waals surface area contributed by atoms with E-state index in [0.717, 1.165) is 24.3 Å². The topological polar surface area (TPSA) is 51.4 Å². The standard InChI is InChI=1S/C14H21N3OS/c15-14-16-12(9-1-2-9)13(19-14)10-3-5-17(6-4-10)11-7-18-8-11/h9-11H,1-8H2,(H2,15,16). The lowest BCUT2D eigenvalue weighted by Gasteiger charge is -2.41. The molecular weight excluding hydrogens is 258 g/mol. The second-order valence-electron chi connectivity index (χ2n) is 6.08. The molecule has 2 saturated heterocycles. The van der Waals surface area contributed by atoms with Crippen molar-refractivity contribution in [2.24, 2.45) is 0 Å². The number of thiazole rings is 1. The highest BCUT2D eigenvalue weighted by Gasteiger charge is 2.35. The van der Waals surface area contributed by atoms with Gasteiger partial charge in [0.05, 0.1) is 24.9 Å². The van der Waals surface area contributed by atoms with Crippen LogP contribution in [0.15, 0.2) is 0 Å². The number of hydrogen-bond donors (Lipinski definition) is 1. The summed E-state index contributed by atoms with van der Waals surface area (Å²) in [6.07, 6.45) is 5.15. The van der Waals surface area contributed by atoms with E-state index in [1.807, 2.05) is 0 Å². The van der Waals surface area contributed by atoms with Crippen LogP contribution in [-0.4, -0.2) is 42.2 Å². The van der Waals surface area contributed by atoms with E-state index in [1.54, 1.807) is 11.3 Å². The van der Waals surface area contributed by atoms with Crippen LogP contribution in [0.2, 0.25) is 0 Å². The molecule has 0 bridgehead atoms. The highest BCUT2D eigenvalue weighted by Crippen LogP contribution is 2.47. The van der Waals surface area contributed by atoms with Gasteiger partial charge in [0, 0.05) is 10.8 Å². The molecule has 0 radical (unpaired) electrons. The smallest absolute Gasteiger partial charge is 0.180 e. The van der Waals surface area contributed by atoms with E-state index in [9.17, 15) is 0 Å². The van der Waals surface area contributed by atoms with Crippen LogP contribution in [0, 0.1) is 0 Å². The maximum atomic E-state index is 5.94. The predicted octanol–water partition coefficient (Wildman–Crippen LogP) is 2.18. The van der Waals surface area contributed by atoms with Crippen LogP contribution in [0.3, 0.4) is 0 Å². The number of nitrogen functional groups attached to an aromatic ring is 1. The number of piperidine rings is 1. The molecule has 1 aliphatic carbocycles. The molecule has 1 aromatic heterocycles. The highest BCUT2D eigenvalue weighted by atomic mass is 32.1. The zero-order chi connectivity index (χ0) is 12.8. The number of rotatable bonds is 3. The highest BCUT2D eigenvalue weighted by molar-refractivity contribution is 7.15. The molecule has 3 fully saturated rings. The normalized spacial score (nSPS) is 26.5. The fourth-order valence-electron chi connectivity index (χ4n) is 3.26. The van der Waals surface area contributed by atoms with Gasteiger partial charge in [-0.15, -0.1) is 11.3 Å². The van der Waals surface area contributed by atoms with Crippen molar-refractivity contribution in [1.82, 2.24) is 9.88 Å². The van der Waals surface area contributed by atoms with Crippen molar-refractivity contribution in [2.45, 2.75) is 43.6 Å². The van der Waals surface area contributed by atoms with Crippen LogP contribution in [0.5, 0.6) is 0 Å². The fourth-order valence-corrected chi connectivity index (χ4v) is 4.35. The number of likely N-dealkylation sites (tertiary alicyclic amines) is 1. The minimum absolute atomic E-state index is 0.690. The Hall–Kier alpha value is -0.650. The van der Waals surface area contributed by atoms with E-state index in [0.29, 0.717) is 12.0 Å². The van der Waals surface area contributed by atoms with Gasteiger partial charge in [-0.3, -0.25) is 4.90 Å². The third-order valence-electron chi connectivity index (χ3n) is 4.70. The molecule has 1 saturated carbocycles. The molecule has 0 spiro atoms. The molecule has 1 aromatic rings. The van der Waals surface area contributed by atoms with Gasteiger partial charge in [-0.05, 0) is 44.7 Å². The molecule has 0 amide bonds. The Morgan fingerprint density at radius 2 is 1.84 bits per heavy atom. The number of anilines is 1. The fraction of sp³-hybridized carbons (Fsp3) is 0.786. The summed E-state index contributed by atoms with van der Waals surface area (Å²) < 4.78 is 5.30. The molecule has 0 atom stereocenters. The summed E-state index contributed by atoms with van der Waals surface area (Å²) in [5.41, 5.74) is 7.28. The molecule has 4 nitrogen and oxygen atoms in total. The molecule has 2 N–H and O–H groups in total. The summed E-state index contributed by atoms with van der Waals surface area (Å²) in [7, 11) is 0. The average molecular weight is 279 g/mol. The zero-order valence-electron chi connectivity index (χ0n) is 11.2. The van der Waals surface area contributed by atoms with E-state index in [-0.39, 0.29) is 0 Å². The number of ether oxygens (including phenoxy) is 1. The third-order valence-corrected chi connectivity index (χ3v) is 5.76. The van der Waals surface area contributed by atoms with Gasteiger partial charge in [-0.1, -0.05) is 0 Å². The van der Waals surface area contributed by atoms with Gasteiger partial charge in [0.15, 0.2) is 5.13 Å². The Morgan fingerprint density at radius 3 is 2.42 bits per heavy atom. The van der Waals surface area contributed by atoms with Crippen LogP contribution >= 0.6 is 11.3 Å². The van der Waals surface area contributed by atoms with Crippen LogP contribution in [0.4, 0.5) is 5.13 Å². The maximum absolute atomic E-state index is 5.94. The van der Waals surface area contributed by atoms with Crippen molar-refractivity contribution < 1.29 is 4.74 Å². The summed E-state index contributed by atoms with van der Waals surface area (Å²) in [4.78, 5) is 8.69. The van der Waals surface area contributed by atoms with Gasteiger partial charge in [0.2, 0.25) is 0 Å². The molecular formula is C14H21N3OS. The lowest BCUT2D eigenvalue weighted by molar-refractivity contribution is -0.0712. The Balaban J connectivity index is 1.45. The van der Waals surface area contributed by atoms with Gasteiger partial charge in [-0.25, -0.2) is 4.98 Å². The summed E-state index contributed by atoms with van der Waals surface area (Å²) in [6.45, 7) is 4.29. The Labute approximate surface area is 118 Å². The minimum atomic E-state index is 0.690. The van der Waals surface area contributed by atoms with Gasteiger partial charge in [0.1, 0.15) is 0 Å². The van der Waals surface area contributed by atoms with E-state index in [2.05, 4.69) is 9.88 Å². The van der Waals surface area contributed by atoms with Crippen molar-refractivity contribution in [3.63, 3.8) is 0 Å². The van der Waals surface area contributed by atoms with Crippen LogP contribution in [0.25, 0.3) is 0 Å². The first-order valence-electron chi connectivity index (χ1n) is 7.39. The molecule has 3 heterocycles. The Kier molecular flexibility index (Phi) is 3.01. The zero-order valence-corrected chi connectivity index (χ0v) is 12.0. The van der Waals surface area contributed by atoms with Crippen LogP contribution in [0.1, 0.15) is 48.1 Å². The van der Waals surface area contributed by atoms with Gasteiger partial charge in [-0.2, -0.15) is 0 Å². The Morgan fingerprint density at radius 1 is 1.11 bits per heavy atom. The molecule has 4 rings (SSSR count). The summed E-state index contributed by atoms with van der Waals surface area (Å²) in [5.74, 6) is 1.42. The molecule has 2 aliphatic heterocycles. The van der Waals surface area contributed by atoms with Crippen molar-refractivity contribution in [3.05, 3.63) is 10.6 Å². The summed E-state index contributed by atoms with van der Waals surface area (Å²) in [6, 6.07) is 0.690. The maximum Gasteiger partial charge on any atom is 0.180 e. The third kappa shape index (κ3) is 2.28. The molecule has 5 heteroatoms. The summed E-state index contributed by atoms with van der Waals surface area (Å²) in [5, 5.41) is 0.770. The minimum Gasteiger partial charge on any atom is -0.378 e. The number of nitrogens with two attached hydrogens (primary N) is 1. The first-order valence-corrected chi connectivity index (χ1v) is 8.21. The van der Waals surface area contributed by atoms with E-state index in [4.69, 9.17) is 10.5 Å². The molecule has 19 heavy (non-hydrogen) atoms. The predicted molar refractivity (Wildman–Crippen MR) is 76.7 cm³/mol. The summed E-state index contributed by atoms with van der Waals surface area (Å²) >= 11 is 1.74. The molecule has 0 aromatic carbocycles. The Bertz CT molecular complexity index is 459. The molecule has 0 unspecified atom stereocenters. The average Bonchev–Trinajstić information content (AvgIpc) is 3.12. The number of aromatic nitrogens is 1. The lowest BCUT2D eigenvalue weighted by atomic mass is 9.92. The van der Waals surface area contributed by atoms with E-state index in [1.165, 1.54) is 49.3 Å². The number of nitrogens with zero attached hydrogens (tertiary/aromatic N) is 2. The van der Waals surface area contributed by atoms with E-state index >= 15 is 0 Å². The monoisotopic (exact) mass is 279 g/mol. The SMILES string of the molecule is Nc1nc(C2CC2)c(C2CCN(C3COC3)CC2)s1. The van der Waals surface area contributed by atoms with Crippen molar-refractivity contribution in [1.29, 1.82) is 0 Å². The van der Waals surface area contributed by atoms with Crippen molar-refractivity contribution >= 4 is 16.5 Å². The quantitative estimate of drug-likeness (QED) is 0.921. The second-order valence-corrected chi connectivity index (χ2v) is 7.14. The first kappa shape index (κ1) is 12.1. The van der Waals surface area contributed by atoms with Crippen molar-refractivity contribution in [3.8, 4) is 0 Å². The lowest BCUT2D eigenvalue weighted by Crippen LogP contribution is -2.51. The number of hydrogen-bond acceptors (Lipinski definition) is 5. The second kappa shape index (κ2) is 4.72. The van der Waals surface area contributed by atoms with Gasteiger partial charge >= 0.3 is 0 Å². The molecule has 104 valence electrons. The van der Waals surface area contributed by atoms with Crippen molar-refractivity contribution in [2.75, 3.05) is 32.0 Å². The first-order chi connectivity index (χ1) is 9.31. The van der Waals surface area contributed by atoms with Crippen LogP contribution in [-0.2, 0) is 4.74 Å². The van der Waals surface area contributed by atoms with Gasteiger partial charge < -0.3 is 10.5 Å². The van der Waals surface area contributed by atoms with Crippen LogP contribution < -0.4 is 5.73 Å². The van der Waals surface area contributed by atoms with E-state index < -0.39 is 0 Å². The molecule has 3 aliphatic rings.